The van der Waals surface area contributed by atoms with E-state index in [9.17, 15) is 13.5 Å². The van der Waals surface area contributed by atoms with Crippen LogP contribution in [0, 0.1) is 6.92 Å². The maximum absolute atomic E-state index is 11.7. The lowest BCUT2D eigenvalue weighted by atomic mass is 10.2. The molecule has 0 saturated carbocycles. The third-order valence-corrected chi connectivity index (χ3v) is 3.89. The van der Waals surface area contributed by atoms with Crippen LogP contribution in [0.1, 0.15) is 25.5 Å². The van der Waals surface area contributed by atoms with E-state index in [0.29, 0.717) is 18.5 Å². The maximum atomic E-state index is 11.7. The molecule has 0 spiro atoms. The molecule has 1 aromatic heterocycles. The van der Waals surface area contributed by atoms with Gasteiger partial charge in [0, 0.05) is 6.54 Å². The molecule has 1 rings (SSSR count). The van der Waals surface area contributed by atoms with Crippen LogP contribution in [-0.4, -0.2) is 36.4 Å². The third-order valence-electron chi connectivity index (χ3n) is 2.31. The fraction of sp³-hybridized carbons (Fsp3) is 0.667. The van der Waals surface area contributed by atoms with Crippen LogP contribution in [0.25, 0.3) is 0 Å². The second-order valence-electron chi connectivity index (χ2n) is 3.61. The van der Waals surface area contributed by atoms with Crippen LogP contribution in [0.4, 0.5) is 0 Å². The zero-order chi connectivity index (χ0) is 12.2. The van der Waals surface area contributed by atoms with Gasteiger partial charge in [0.05, 0.1) is 18.0 Å². The van der Waals surface area contributed by atoms with Crippen LogP contribution >= 0.6 is 0 Å². The maximum Gasteiger partial charge on any atom is 0.243 e. The highest BCUT2D eigenvalue weighted by Crippen LogP contribution is 2.10. The summed E-state index contributed by atoms with van der Waals surface area (Å²) >= 11 is 0. The molecule has 92 valence electrons. The van der Waals surface area contributed by atoms with Gasteiger partial charge >= 0.3 is 0 Å². The zero-order valence-corrected chi connectivity index (χ0v) is 10.2. The van der Waals surface area contributed by atoms with Gasteiger partial charge in [-0.2, -0.15) is 5.10 Å². The molecule has 7 heteroatoms. The quantitative estimate of drug-likeness (QED) is 0.667. The number of nitrogens with one attached hydrogen (secondary N) is 2. The Morgan fingerprint density at radius 1 is 1.62 bits per heavy atom. The minimum absolute atomic E-state index is 0.151. The van der Waals surface area contributed by atoms with E-state index in [1.165, 1.54) is 6.20 Å². The van der Waals surface area contributed by atoms with Crippen molar-refractivity contribution >= 4 is 10.0 Å². The number of hydrogen-bond donors (Lipinski definition) is 3. The average Bonchev–Trinajstić information content (AvgIpc) is 2.64. The number of hydrogen-bond acceptors (Lipinski definition) is 4. The summed E-state index contributed by atoms with van der Waals surface area (Å²) in [5, 5.41) is 15.5. The number of aliphatic hydroxyl groups is 1. The van der Waals surface area contributed by atoms with Gasteiger partial charge in [0.1, 0.15) is 4.90 Å². The summed E-state index contributed by atoms with van der Waals surface area (Å²) in [4.78, 5) is 0.151. The number of rotatable bonds is 6. The van der Waals surface area contributed by atoms with E-state index in [0.717, 1.165) is 0 Å². The zero-order valence-electron chi connectivity index (χ0n) is 9.40. The fourth-order valence-electron chi connectivity index (χ4n) is 1.25. The number of sulfonamides is 1. The molecule has 0 aliphatic rings. The number of aliphatic hydroxyl groups excluding tert-OH is 1. The first-order valence-electron chi connectivity index (χ1n) is 5.15. The molecule has 0 fully saturated rings. The van der Waals surface area contributed by atoms with E-state index < -0.39 is 16.1 Å². The van der Waals surface area contributed by atoms with Crippen molar-refractivity contribution in [1.82, 2.24) is 14.9 Å². The van der Waals surface area contributed by atoms with Gasteiger partial charge in [-0.3, -0.25) is 5.10 Å². The van der Waals surface area contributed by atoms with Crippen molar-refractivity contribution in [1.29, 1.82) is 0 Å². The average molecular weight is 247 g/mol. The Morgan fingerprint density at radius 3 is 2.81 bits per heavy atom. The Labute approximate surface area is 95.1 Å². The topological polar surface area (TPSA) is 95.1 Å². The number of nitrogens with zero attached hydrogens (tertiary/aromatic N) is 1. The van der Waals surface area contributed by atoms with E-state index >= 15 is 0 Å². The summed E-state index contributed by atoms with van der Waals surface area (Å²) in [5.41, 5.74) is 0.503. The number of aromatic amines is 1. The van der Waals surface area contributed by atoms with Crippen LogP contribution in [0.5, 0.6) is 0 Å². The van der Waals surface area contributed by atoms with E-state index in [1.54, 1.807) is 6.92 Å². The highest BCUT2D eigenvalue weighted by Gasteiger charge is 2.18. The molecule has 1 unspecified atom stereocenters. The minimum atomic E-state index is -3.51. The molecular weight excluding hydrogens is 230 g/mol. The van der Waals surface area contributed by atoms with Gasteiger partial charge in [-0.05, 0) is 19.8 Å². The largest absolute Gasteiger partial charge is 0.393 e. The van der Waals surface area contributed by atoms with Crippen LogP contribution in [-0.2, 0) is 10.0 Å². The lowest BCUT2D eigenvalue weighted by Crippen LogP contribution is -2.27. The van der Waals surface area contributed by atoms with Gasteiger partial charge in [0.15, 0.2) is 0 Å². The Morgan fingerprint density at radius 2 is 2.31 bits per heavy atom. The predicted molar refractivity (Wildman–Crippen MR) is 59.4 cm³/mol. The standard InChI is InChI=1S/C9H17N3O3S/c1-3-8(13)4-5-11-16(14,15)9-6-10-12-7(9)2/h6,8,11,13H,3-5H2,1-2H3,(H,10,12). The molecule has 0 aliphatic heterocycles. The summed E-state index contributed by atoms with van der Waals surface area (Å²) in [6, 6.07) is 0. The van der Waals surface area contributed by atoms with Gasteiger partial charge in [-0.15, -0.1) is 0 Å². The van der Waals surface area contributed by atoms with Crippen molar-refractivity contribution < 1.29 is 13.5 Å². The SMILES string of the molecule is CCC(O)CCNS(=O)(=O)c1cn[nH]c1C. The van der Waals surface area contributed by atoms with E-state index in [-0.39, 0.29) is 11.4 Å². The first kappa shape index (κ1) is 13.1. The lowest BCUT2D eigenvalue weighted by molar-refractivity contribution is 0.162. The predicted octanol–water partition coefficient (Wildman–Crippen LogP) is 0.157. The molecule has 0 aliphatic carbocycles. The molecule has 0 aromatic carbocycles. The normalized spacial score (nSPS) is 13.9. The van der Waals surface area contributed by atoms with Crippen molar-refractivity contribution in [2.75, 3.05) is 6.54 Å². The molecule has 1 atom stereocenters. The molecule has 0 bridgehead atoms. The Hall–Kier alpha value is -0.920. The van der Waals surface area contributed by atoms with Gasteiger partial charge < -0.3 is 5.11 Å². The molecule has 1 heterocycles. The summed E-state index contributed by atoms with van der Waals surface area (Å²) in [6.45, 7) is 3.71. The summed E-state index contributed by atoms with van der Waals surface area (Å²) in [7, 11) is -3.51. The van der Waals surface area contributed by atoms with Crippen LogP contribution in [0.2, 0.25) is 0 Å². The first-order valence-corrected chi connectivity index (χ1v) is 6.63. The van der Waals surface area contributed by atoms with Crippen molar-refractivity contribution in [3.8, 4) is 0 Å². The highest BCUT2D eigenvalue weighted by atomic mass is 32.2. The van der Waals surface area contributed by atoms with Gasteiger partial charge in [-0.1, -0.05) is 6.92 Å². The number of H-pyrrole nitrogens is 1. The Kier molecular flexibility index (Phi) is 4.45. The fourth-order valence-corrected chi connectivity index (χ4v) is 2.43. The van der Waals surface area contributed by atoms with Crippen LogP contribution in [0.15, 0.2) is 11.1 Å². The Bertz CT molecular complexity index is 427. The third kappa shape index (κ3) is 3.29. The molecule has 16 heavy (non-hydrogen) atoms. The van der Waals surface area contributed by atoms with Crippen LogP contribution in [0.3, 0.4) is 0 Å². The van der Waals surface area contributed by atoms with Crippen molar-refractivity contribution in [3.05, 3.63) is 11.9 Å². The van der Waals surface area contributed by atoms with E-state index in [4.69, 9.17) is 0 Å². The van der Waals surface area contributed by atoms with Gasteiger partial charge in [-0.25, -0.2) is 13.1 Å². The molecule has 6 nitrogen and oxygen atoms in total. The van der Waals surface area contributed by atoms with Crippen molar-refractivity contribution in [3.63, 3.8) is 0 Å². The van der Waals surface area contributed by atoms with Crippen LogP contribution < -0.4 is 4.72 Å². The van der Waals surface area contributed by atoms with Crippen molar-refractivity contribution in [2.24, 2.45) is 0 Å². The van der Waals surface area contributed by atoms with Gasteiger partial charge in [0.25, 0.3) is 0 Å². The van der Waals surface area contributed by atoms with E-state index in [1.807, 2.05) is 6.92 Å². The Balaban J connectivity index is 2.57. The molecule has 0 radical (unpaired) electrons. The number of aryl methyl sites for hydroxylation is 1. The lowest BCUT2D eigenvalue weighted by Gasteiger charge is -2.08. The molecule has 0 saturated heterocycles. The molecule has 1 aromatic rings. The first-order chi connectivity index (χ1) is 7.47. The molecular formula is C9H17N3O3S. The second-order valence-corrected chi connectivity index (χ2v) is 5.34. The van der Waals surface area contributed by atoms with E-state index in [2.05, 4.69) is 14.9 Å². The summed E-state index contributed by atoms with van der Waals surface area (Å²) < 4.78 is 25.9. The second kappa shape index (κ2) is 5.42. The molecule has 3 N–H and O–H groups in total. The summed E-state index contributed by atoms with van der Waals surface area (Å²) in [5.74, 6) is 0. The smallest absolute Gasteiger partial charge is 0.243 e. The molecule has 0 amide bonds. The highest BCUT2D eigenvalue weighted by molar-refractivity contribution is 7.89. The number of aromatic nitrogens is 2. The minimum Gasteiger partial charge on any atom is -0.393 e. The van der Waals surface area contributed by atoms with Gasteiger partial charge in [0.2, 0.25) is 10.0 Å². The monoisotopic (exact) mass is 247 g/mol. The summed E-state index contributed by atoms with van der Waals surface area (Å²) in [6.07, 6.45) is 1.83. The van der Waals surface area contributed by atoms with Crippen molar-refractivity contribution in [2.45, 2.75) is 37.7 Å².